The third-order valence-corrected chi connectivity index (χ3v) is 2.95. The zero-order chi connectivity index (χ0) is 14.5. The van der Waals surface area contributed by atoms with Crippen molar-refractivity contribution in [2.45, 2.75) is 20.4 Å². The van der Waals surface area contributed by atoms with Crippen molar-refractivity contribution < 1.29 is 9.21 Å². The predicted molar refractivity (Wildman–Crippen MR) is 81.0 cm³/mol. The van der Waals surface area contributed by atoms with Crippen LogP contribution < -0.4 is 10.6 Å². The molecule has 2 N–H and O–H groups in total. The molecule has 1 aromatic carbocycles. The van der Waals surface area contributed by atoms with Gasteiger partial charge in [0, 0.05) is 17.3 Å². The van der Waals surface area contributed by atoms with Crippen molar-refractivity contribution in [1.82, 2.24) is 0 Å². The second-order valence-corrected chi connectivity index (χ2v) is 5.16. The Labute approximate surface area is 123 Å². The van der Waals surface area contributed by atoms with Gasteiger partial charge in [-0.3, -0.25) is 4.79 Å². The molecule has 1 heterocycles. The summed E-state index contributed by atoms with van der Waals surface area (Å²) in [6.45, 7) is 4.25. The number of amides is 1. The maximum atomic E-state index is 11.6. The highest BCUT2D eigenvalue weighted by Gasteiger charge is 2.07. The first kappa shape index (κ1) is 14.5. The van der Waals surface area contributed by atoms with Gasteiger partial charge in [0.2, 0.25) is 5.91 Å². The van der Waals surface area contributed by atoms with Gasteiger partial charge < -0.3 is 15.1 Å². The van der Waals surface area contributed by atoms with Gasteiger partial charge in [0.15, 0.2) is 5.22 Å². The first-order chi connectivity index (χ1) is 9.54. The summed E-state index contributed by atoms with van der Waals surface area (Å²) < 4.78 is 5.26. The minimum atomic E-state index is -0.0446. The van der Waals surface area contributed by atoms with E-state index in [4.69, 9.17) is 16.0 Å². The molecule has 4 nitrogen and oxygen atoms in total. The standard InChI is InChI=1S/C15H17ClN2O2/c1-10(2)15(19)18-12-5-3-4-11(8-12)17-9-13-6-7-14(16)20-13/h3-8,10,17H,9H2,1-2H3,(H,18,19). The molecule has 0 bridgehead atoms. The summed E-state index contributed by atoms with van der Waals surface area (Å²) in [7, 11) is 0. The lowest BCUT2D eigenvalue weighted by atomic mass is 10.2. The maximum Gasteiger partial charge on any atom is 0.226 e. The number of carbonyl (C=O) groups is 1. The summed E-state index contributed by atoms with van der Waals surface area (Å²) in [5.74, 6) is 0.712. The maximum absolute atomic E-state index is 11.6. The number of furan rings is 1. The first-order valence-electron chi connectivity index (χ1n) is 6.43. The fourth-order valence-corrected chi connectivity index (χ4v) is 1.79. The number of nitrogens with one attached hydrogen (secondary N) is 2. The van der Waals surface area contributed by atoms with Crippen LogP contribution in [-0.2, 0) is 11.3 Å². The summed E-state index contributed by atoms with van der Waals surface area (Å²) in [5.41, 5.74) is 1.67. The van der Waals surface area contributed by atoms with Gasteiger partial charge in [-0.25, -0.2) is 0 Å². The number of anilines is 2. The predicted octanol–water partition coefficient (Wildman–Crippen LogP) is 4.14. The second kappa shape index (κ2) is 6.48. The number of carbonyl (C=O) groups excluding carboxylic acids is 1. The van der Waals surface area contributed by atoms with E-state index < -0.39 is 0 Å². The van der Waals surface area contributed by atoms with Crippen LogP contribution in [-0.4, -0.2) is 5.91 Å². The van der Waals surface area contributed by atoms with Gasteiger partial charge in [0.1, 0.15) is 5.76 Å². The molecule has 2 rings (SSSR count). The van der Waals surface area contributed by atoms with Crippen molar-refractivity contribution >= 4 is 28.9 Å². The Hall–Kier alpha value is -1.94. The van der Waals surface area contributed by atoms with E-state index in [1.54, 1.807) is 6.07 Å². The molecular weight excluding hydrogens is 276 g/mol. The summed E-state index contributed by atoms with van der Waals surface area (Å²) in [4.78, 5) is 11.6. The van der Waals surface area contributed by atoms with E-state index in [0.717, 1.165) is 17.1 Å². The van der Waals surface area contributed by atoms with Crippen LogP contribution in [0.1, 0.15) is 19.6 Å². The molecule has 0 aliphatic heterocycles. The Bertz CT molecular complexity index is 593. The minimum absolute atomic E-state index is 0.0000311. The Morgan fingerprint density at radius 1 is 1.25 bits per heavy atom. The zero-order valence-electron chi connectivity index (χ0n) is 11.4. The molecule has 1 amide bonds. The van der Waals surface area contributed by atoms with E-state index in [9.17, 15) is 4.79 Å². The zero-order valence-corrected chi connectivity index (χ0v) is 12.2. The average Bonchev–Trinajstić information content (AvgIpc) is 2.82. The Morgan fingerprint density at radius 3 is 2.65 bits per heavy atom. The van der Waals surface area contributed by atoms with Crippen molar-refractivity contribution in [3.63, 3.8) is 0 Å². The Balaban J connectivity index is 1.97. The van der Waals surface area contributed by atoms with Crippen molar-refractivity contribution in [3.8, 4) is 0 Å². The number of halogens is 1. The van der Waals surface area contributed by atoms with Crippen LogP contribution >= 0.6 is 11.6 Å². The van der Waals surface area contributed by atoms with Crippen LogP contribution in [0, 0.1) is 5.92 Å². The van der Waals surface area contributed by atoms with E-state index in [2.05, 4.69) is 10.6 Å². The first-order valence-corrected chi connectivity index (χ1v) is 6.81. The minimum Gasteiger partial charge on any atom is -0.448 e. The molecule has 0 saturated heterocycles. The van der Waals surface area contributed by atoms with E-state index in [1.165, 1.54) is 0 Å². The van der Waals surface area contributed by atoms with Crippen LogP contribution in [0.2, 0.25) is 5.22 Å². The van der Waals surface area contributed by atoms with Crippen molar-refractivity contribution in [2.75, 3.05) is 10.6 Å². The summed E-state index contributed by atoms with van der Waals surface area (Å²) in [5, 5.41) is 6.45. The third kappa shape index (κ3) is 4.03. The molecule has 106 valence electrons. The van der Waals surface area contributed by atoms with Crippen molar-refractivity contribution in [2.24, 2.45) is 5.92 Å². The molecule has 20 heavy (non-hydrogen) atoms. The van der Waals surface area contributed by atoms with Gasteiger partial charge in [-0.2, -0.15) is 0 Å². The summed E-state index contributed by atoms with van der Waals surface area (Å²) in [6.07, 6.45) is 0. The monoisotopic (exact) mass is 292 g/mol. The largest absolute Gasteiger partial charge is 0.448 e. The van der Waals surface area contributed by atoms with Gasteiger partial charge in [-0.1, -0.05) is 19.9 Å². The number of hydrogen-bond acceptors (Lipinski definition) is 3. The topological polar surface area (TPSA) is 54.3 Å². The summed E-state index contributed by atoms with van der Waals surface area (Å²) >= 11 is 5.71. The van der Waals surface area contributed by atoms with E-state index >= 15 is 0 Å². The van der Waals surface area contributed by atoms with Crippen molar-refractivity contribution in [3.05, 3.63) is 47.4 Å². The molecular formula is C15H17ClN2O2. The quantitative estimate of drug-likeness (QED) is 0.871. The highest BCUT2D eigenvalue weighted by Crippen LogP contribution is 2.18. The lowest BCUT2D eigenvalue weighted by Gasteiger charge is -2.10. The SMILES string of the molecule is CC(C)C(=O)Nc1cccc(NCc2ccc(Cl)o2)c1. The highest BCUT2D eigenvalue weighted by molar-refractivity contribution is 6.28. The molecule has 0 unspecified atom stereocenters. The molecule has 0 saturated carbocycles. The van der Waals surface area contributed by atoms with E-state index in [0.29, 0.717) is 11.8 Å². The average molecular weight is 293 g/mol. The van der Waals surface area contributed by atoms with Gasteiger partial charge in [0.25, 0.3) is 0 Å². The second-order valence-electron chi connectivity index (χ2n) is 4.78. The molecule has 0 aliphatic rings. The van der Waals surface area contributed by atoms with Crippen LogP contribution in [0.3, 0.4) is 0 Å². The van der Waals surface area contributed by atoms with Crippen LogP contribution in [0.25, 0.3) is 0 Å². The lowest BCUT2D eigenvalue weighted by molar-refractivity contribution is -0.118. The van der Waals surface area contributed by atoms with Gasteiger partial charge >= 0.3 is 0 Å². The van der Waals surface area contributed by atoms with Crippen LogP contribution in [0.5, 0.6) is 0 Å². The molecule has 0 aliphatic carbocycles. The molecule has 0 atom stereocenters. The Morgan fingerprint density at radius 2 is 2.00 bits per heavy atom. The number of benzene rings is 1. The van der Waals surface area contributed by atoms with Crippen LogP contribution in [0.15, 0.2) is 40.8 Å². The Kier molecular flexibility index (Phi) is 4.69. The normalized spacial score (nSPS) is 10.6. The van der Waals surface area contributed by atoms with Crippen LogP contribution in [0.4, 0.5) is 11.4 Å². The van der Waals surface area contributed by atoms with Crippen molar-refractivity contribution in [1.29, 1.82) is 0 Å². The lowest BCUT2D eigenvalue weighted by Crippen LogP contribution is -2.17. The molecule has 1 aromatic heterocycles. The molecule has 0 radical (unpaired) electrons. The summed E-state index contributed by atoms with van der Waals surface area (Å²) in [6, 6.07) is 11.1. The van der Waals surface area contributed by atoms with E-state index in [-0.39, 0.29) is 11.8 Å². The fraction of sp³-hybridized carbons (Fsp3) is 0.267. The molecule has 5 heteroatoms. The third-order valence-electron chi connectivity index (χ3n) is 2.75. The number of rotatable bonds is 5. The molecule has 2 aromatic rings. The fourth-order valence-electron chi connectivity index (χ4n) is 1.63. The number of hydrogen-bond donors (Lipinski definition) is 2. The molecule has 0 spiro atoms. The highest BCUT2D eigenvalue weighted by atomic mass is 35.5. The van der Waals surface area contributed by atoms with Gasteiger partial charge in [-0.15, -0.1) is 0 Å². The smallest absolute Gasteiger partial charge is 0.226 e. The van der Waals surface area contributed by atoms with Gasteiger partial charge in [0.05, 0.1) is 6.54 Å². The van der Waals surface area contributed by atoms with E-state index in [1.807, 2.05) is 44.2 Å². The molecule has 0 fully saturated rings. The van der Waals surface area contributed by atoms with Gasteiger partial charge in [-0.05, 0) is 41.9 Å².